The van der Waals surface area contributed by atoms with Crippen molar-refractivity contribution in [1.29, 1.82) is 0 Å². The van der Waals surface area contributed by atoms with Crippen LogP contribution in [0.1, 0.15) is 0 Å². The fourth-order valence-corrected chi connectivity index (χ4v) is 8.08. The Balaban J connectivity index is 1.19. The predicted molar refractivity (Wildman–Crippen MR) is 208 cm³/mol. The van der Waals surface area contributed by atoms with Gasteiger partial charge in [0.05, 0.1) is 10.4 Å². The van der Waals surface area contributed by atoms with Crippen molar-refractivity contribution >= 4 is 59.3 Å². The topological polar surface area (TPSA) is 3.24 Å². The maximum Gasteiger partial charge on any atom is 0.0640 e. The number of rotatable bonds is 6. The van der Waals surface area contributed by atoms with E-state index in [9.17, 15) is 0 Å². The van der Waals surface area contributed by atoms with E-state index in [1.54, 1.807) is 0 Å². The number of thiophene rings is 1. The molecule has 1 aromatic heterocycles. The molecule has 0 bridgehead atoms. The lowest BCUT2D eigenvalue weighted by Gasteiger charge is -2.26. The van der Waals surface area contributed by atoms with Gasteiger partial charge in [-0.25, -0.2) is 0 Å². The quantitative estimate of drug-likeness (QED) is 0.177. The first-order valence-electron chi connectivity index (χ1n) is 16.3. The molecular weight excluding hydrogens is 599 g/mol. The molecule has 0 amide bonds. The van der Waals surface area contributed by atoms with Crippen LogP contribution < -0.4 is 4.90 Å². The molecule has 0 spiro atoms. The number of anilines is 3. The van der Waals surface area contributed by atoms with E-state index in [1.807, 2.05) is 11.3 Å². The minimum absolute atomic E-state index is 1.13. The lowest BCUT2D eigenvalue weighted by Crippen LogP contribution is -2.10. The summed E-state index contributed by atoms with van der Waals surface area (Å²) in [7, 11) is 0. The lowest BCUT2D eigenvalue weighted by molar-refractivity contribution is 1.30. The predicted octanol–water partition coefficient (Wildman–Crippen LogP) is 13.7. The molecule has 48 heavy (non-hydrogen) atoms. The summed E-state index contributed by atoms with van der Waals surface area (Å²) in [6.45, 7) is 0. The van der Waals surface area contributed by atoms with Gasteiger partial charge in [-0.3, -0.25) is 0 Å². The number of nitrogens with zero attached hydrogens (tertiary/aromatic N) is 1. The zero-order valence-electron chi connectivity index (χ0n) is 26.3. The van der Waals surface area contributed by atoms with Crippen LogP contribution in [0.25, 0.3) is 64.3 Å². The molecule has 0 radical (unpaired) electrons. The highest BCUT2D eigenvalue weighted by molar-refractivity contribution is 7.26. The Morgan fingerprint density at radius 2 is 0.896 bits per heavy atom. The average Bonchev–Trinajstić information content (AvgIpc) is 3.55. The van der Waals surface area contributed by atoms with Crippen molar-refractivity contribution in [2.75, 3.05) is 4.90 Å². The van der Waals surface area contributed by atoms with Crippen LogP contribution in [0.4, 0.5) is 17.1 Å². The highest BCUT2D eigenvalue weighted by atomic mass is 32.1. The summed E-state index contributed by atoms with van der Waals surface area (Å²) < 4.78 is 2.57. The van der Waals surface area contributed by atoms with E-state index in [0.29, 0.717) is 0 Å². The fourth-order valence-electron chi connectivity index (χ4n) is 6.90. The van der Waals surface area contributed by atoms with Gasteiger partial charge in [-0.1, -0.05) is 146 Å². The molecule has 0 unspecified atom stereocenters. The summed E-state index contributed by atoms with van der Waals surface area (Å²) in [5.74, 6) is 0. The zero-order valence-corrected chi connectivity index (χ0v) is 27.1. The highest BCUT2D eigenvalue weighted by Gasteiger charge is 2.19. The molecule has 0 atom stereocenters. The Labute approximate surface area is 284 Å². The summed E-state index contributed by atoms with van der Waals surface area (Å²) >= 11 is 1.87. The van der Waals surface area contributed by atoms with Gasteiger partial charge in [0.2, 0.25) is 0 Å². The van der Waals surface area contributed by atoms with Gasteiger partial charge in [0.15, 0.2) is 0 Å². The van der Waals surface area contributed by atoms with Crippen LogP contribution in [-0.4, -0.2) is 0 Å². The lowest BCUT2D eigenvalue weighted by atomic mass is 9.98. The van der Waals surface area contributed by atoms with Gasteiger partial charge in [0.1, 0.15) is 0 Å². The number of benzene rings is 8. The third-order valence-corrected chi connectivity index (χ3v) is 10.5. The van der Waals surface area contributed by atoms with Crippen LogP contribution >= 0.6 is 11.3 Å². The van der Waals surface area contributed by atoms with Gasteiger partial charge in [0, 0.05) is 26.8 Å². The van der Waals surface area contributed by atoms with Gasteiger partial charge in [-0.05, 0) is 86.6 Å². The maximum absolute atomic E-state index is 2.41. The van der Waals surface area contributed by atoms with E-state index in [-0.39, 0.29) is 0 Å². The molecule has 1 nitrogen and oxygen atoms in total. The maximum atomic E-state index is 2.41. The first-order valence-corrected chi connectivity index (χ1v) is 17.2. The molecule has 0 saturated carbocycles. The van der Waals surface area contributed by atoms with Crippen LogP contribution in [0, 0.1) is 0 Å². The normalized spacial score (nSPS) is 11.3. The Morgan fingerprint density at radius 3 is 1.62 bits per heavy atom. The molecule has 1 heterocycles. The minimum atomic E-state index is 1.13. The van der Waals surface area contributed by atoms with Crippen molar-refractivity contribution in [2.45, 2.75) is 0 Å². The van der Waals surface area contributed by atoms with Gasteiger partial charge < -0.3 is 4.90 Å². The SMILES string of the molecule is c1ccc(-c2ccc(N(c3ccc(-c4cccc5ccccc45)cc3)c3cccc4c3sc3ccc(-c5ccccc5)cc34)cc2)cc1. The van der Waals surface area contributed by atoms with Gasteiger partial charge in [-0.15, -0.1) is 11.3 Å². The van der Waals surface area contributed by atoms with E-state index in [2.05, 4.69) is 193 Å². The van der Waals surface area contributed by atoms with E-state index < -0.39 is 0 Å². The number of hydrogen-bond donors (Lipinski definition) is 0. The van der Waals surface area contributed by atoms with Gasteiger partial charge in [0.25, 0.3) is 0 Å². The Hall–Kier alpha value is -5.96. The highest BCUT2D eigenvalue weighted by Crippen LogP contribution is 2.46. The molecule has 0 aliphatic heterocycles. The first kappa shape index (κ1) is 28.3. The van der Waals surface area contributed by atoms with Crippen LogP contribution in [0.2, 0.25) is 0 Å². The minimum Gasteiger partial charge on any atom is -0.309 e. The number of hydrogen-bond acceptors (Lipinski definition) is 2. The Kier molecular flexibility index (Phi) is 7.07. The third-order valence-electron chi connectivity index (χ3n) is 9.28. The van der Waals surface area contributed by atoms with Crippen molar-refractivity contribution in [2.24, 2.45) is 0 Å². The Morgan fingerprint density at radius 1 is 0.354 bits per heavy atom. The van der Waals surface area contributed by atoms with Crippen LogP contribution in [-0.2, 0) is 0 Å². The summed E-state index contributed by atoms with van der Waals surface area (Å²) in [6.07, 6.45) is 0. The molecule has 0 saturated heterocycles. The van der Waals surface area contributed by atoms with Crippen molar-refractivity contribution in [3.63, 3.8) is 0 Å². The third kappa shape index (κ3) is 5.04. The second kappa shape index (κ2) is 12.0. The molecule has 0 aliphatic rings. The van der Waals surface area contributed by atoms with E-state index >= 15 is 0 Å². The van der Waals surface area contributed by atoms with Gasteiger partial charge >= 0.3 is 0 Å². The van der Waals surface area contributed by atoms with E-state index in [0.717, 1.165) is 11.4 Å². The summed E-state index contributed by atoms with van der Waals surface area (Å²) in [6, 6.07) is 68.1. The first-order chi connectivity index (χ1) is 23.8. The molecule has 0 aliphatic carbocycles. The largest absolute Gasteiger partial charge is 0.309 e. The van der Waals surface area contributed by atoms with E-state index in [4.69, 9.17) is 0 Å². The molecule has 9 rings (SSSR count). The van der Waals surface area contributed by atoms with Crippen molar-refractivity contribution in [3.05, 3.63) is 188 Å². The van der Waals surface area contributed by atoms with Crippen molar-refractivity contribution in [3.8, 4) is 33.4 Å². The molecule has 9 aromatic rings. The van der Waals surface area contributed by atoms with Crippen LogP contribution in [0.15, 0.2) is 188 Å². The number of fused-ring (bicyclic) bond motifs is 4. The molecule has 0 N–H and O–H groups in total. The second-order valence-corrected chi connectivity index (χ2v) is 13.2. The molecule has 0 fully saturated rings. The summed E-state index contributed by atoms with van der Waals surface area (Å²) in [5, 5.41) is 5.10. The average molecular weight is 630 g/mol. The van der Waals surface area contributed by atoms with Crippen LogP contribution in [0.3, 0.4) is 0 Å². The molecule has 8 aromatic carbocycles. The Bertz CT molecular complexity index is 2530. The van der Waals surface area contributed by atoms with Crippen molar-refractivity contribution in [1.82, 2.24) is 0 Å². The van der Waals surface area contributed by atoms with Crippen molar-refractivity contribution < 1.29 is 0 Å². The molecular formula is C46H31NS. The smallest absolute Gasteiger partial charge is 0.0640 e. The van der Waals surface area contributed by atoms with E-state index in [1.165, 1.54) is 70.0 Å². The zero-order chi connectivity index (χ0) is 31.9. The molecule has 2 heteroatoms. The second-order valence-electron chi connectivity index (χ2n) is 12.2. The van der Waals surface area contributed by atoms with Gasteiger partial charge in [-0.2, -0.15) is 0 Å². The molecule has 226 valence electrons. The van der Waals surface area contributed by atoms with Crippen LogP contribution in [0.5, 0.6) is 0 Å². The monoisotopic (exact) mass is 629 g/mol. The fraction of sp³-hybridized carbons (Fsp3) is 0. The summed E-state index contributed by atoms with van der Waals surface area (Å²) in [5.41, 5.74) is 10.8. The summed E-state index contributed by atoms with van der Waals surface area (Å²) in [4.78, 5) is 2.41. The standard InChI is InChI=1S/C46H31NS/c1-3-11-32(12-4-1)34-21-26-38(27-22-34)47(39-28-23-36(24-29-39)41-18-9-16-35-15-7-8-17-40(35)41)44-20-10-19-42-43-31-37(33-13-5-2-6-14-33)25-30-45(43)48-46(42)44/h1-31H.